The van der Waals surface area contributed by atoms with Crippen molar-refractivity contribution in [2.75, 3.05) is 6.54 Å². The van der Waals surface area contributed by atoms with Crippen molar-refractivity contribution in [1.82, 2.24) is 14.9 Å². The molecule has 1 amide bonds. The van der Waals surface area contributed by atoms with Crippen LogP contribution in [0.15, 0.2) is 29.7 Å². The molecule has 0 aliphatic heterocycles. The number of nitrogens with zero attached hydrogens (tertiary/aromatic N) is 3. The maximum Gasteiger partial charge on any atom is 0.260 e. The number of hydrogen-bond donors (Lipinski definition) is 3. The first kappa shape index (κ1) is 15.8. The van der Waals surface area contributed by atoms with Crippen molar-refractivity contribution in [1.29, 1.82) is 0 Å². The Morgan fingerprint density at radius 3 is 2.95 bits per heavy atom. The first-order valence-electron chi connectivity index (χ1n) is 7.40. The Hall–Kier alpha value is -2.57. The van der Waals surface area contributed by atoms with E-state index in [0.717, 1.165) is 36.7 Å². The van der Waals surface area contributed by atoms with Crippen LogP contribution in [0.1, 0.15) is 43.0 Å². The highest BCUT2D eigenvalue weighted by Crippen LogP contribution is 2.14. The standard InChI is InChI=1S/C15H21N5O2/c1-2-3-4-5-8-20(15(16)19-22)14(21)11-6-7-12-13(9-11)18-10-17-12/h6-7,9-10,22H,2-5,8H2,1H3,(H2,16,19)(H,17,18). The predicted molar refractivity (Wildman–Crippen MR) is 84.7 cm³/mol. The number of aromatic amines is 1. The maximum absolute atomic E-state index is 12.6. The van der Waals surface area contributed by atoms with E-state index in [1.807, 2.05) is 0 Å². The molecule has 0 atom stereocenters. The lowest BCUT2D eigenvalue weighted by Crippen LogP contribution is -2.42. The fourth-order valence-corrected chi connectivity index (χ4v) is 2.30. The van der Waals surface area contributed by atoms with Crippen LogP contribution in [0.25, 0.3) is 11.0 Å². The Kier molecular flexibility index (Phi) is 5.35. The quantitative estimate of drug-likeness (QED) is 0.250. The third-order valence-corrected chi connectivity index (χ3v) is 3.53. The second-order valence-electron chi connectivity index (χ2n) is 5.11. The lowest BCUT2D eigenvalue weighted by Gasteiger charge is -2.20. The van der Waals surface area contributed by atoms with E-state index in [9.17, 15) is 4.79 Å². The van der Waals surface area contributed by atoms with Crippen LogP contribution in [0, 0.1) is 0 Å². The number of nitrogens with two attached hydrogens (primary N) is 1. The molecule has 2 aromatic rings. The van der Waals surface area contributed by atoms with Gasteiger partial charge in [-0.25, -0.2) is 4.98 Å². The van der Waals surface area contributed by atoms with Crippen LogP contribution in [0.3, 0.4) is 0 Å². The zero-order valence-corrected chi connectivity index (χ0v) is 12.6. The van der Waals surface area contributed by atoms with Crippen molar-refractivity contribution in [3.63, 3.8) is 0 Å². The SMILES string of the molecule is CCCCCCN(C(=O)c1ccc2nc[nH]c2c1)C(N)=NO. The average Bonchev–Trinajstić information content (AvgIpc) is 3.01. The molecule has 1 aromatic heterocycles. The molecule has 0 bridgehead atoms. The number of oxime groups is 1. The molecule has 0 aliphatic rings. The molecular formula is C15H21N5O2. The molecule has 0 saturated heterocycles. The molecule has 118 valence electrons. The number of fused-ring (bicyclic) bond motifs is 1. The molecule has 7 nitrogen and oxygen atoms in total. The zero-order chi connectivity index (χ0) is 15.9. The molecular weight excluding hydrogens is 282 g/mol. The van der Waals surface area contributed by atoms with Crippen LogP contribution in [0.4, 0.5) is 0 Å². The van der Waals surface area contributed by atoms with Crippen molar-refractivity contribution >= 4 is 22.9 Å². The van der Waals surface area contributed by atoms with E-state index >= 15 is 0 Å². The molecule has 4 N–H and O–H groups in total. The normalized spacial score (nSPS) is 11.8. The maximum atomic E-state index is 12.6. The smallest absolute Gasteiger partial charge is 0.260 e. The van der Waals surface area contributed by atoms with Crippen LogP contribution in [-0.4, -0.2) is 38.5 Å². The Morgan fingerprint density at radius 2 is 2.23 bits per heavy atom. The van der Waals surface area contributed by atoms with Crippen molar-refractivity contribution in [2.45, 2.75) is 32.6 Å². The summed E-state index contributed by atoms with van der Waals surface area (Å²) in [5.74, 6) is -0.477. The summed E-state index contributed by atoms with van der Waals surface area (Å²) < 4.78 is 0. The van der Waals surface area contributed by atoms with Crippen LogP contribution in [0.2, 0.25) is 0 Å². The summed E-state index contributed by atoms with van der Waals surface area (Å²) in [7, 11) is 0. The van der Waals surface area contributed by atoms with Crippen molar-refractivity contribution in [2.24, 2.45) is 10.9 Å². The predicted octanol–water partition coefficient (Wildman–Crippen LogP) is 2.29. The lowest BCUT2D eigenvalue weighted by molar-refractivity contribution is 0.0838. The number of aromatic nitrogens is 2. The lowest BCUT2D eigenvalue weighted by atomic mass is 10.1. The van der Waals surface area contributed by atoms with Gasteiger partial charge in [0.1, 0.15) is 0 Å². The molecule has 0 fully saturated rings. The fourth-order valence-electron chi connectivity index (χ4n) is 2.30. The molecule has 0 saturated carbocycles. The molecule has 22 heavy (non-hydrogen) atoms. The van der Waals surface area contributed by atoms with E-state index in [2.05, 4.69) is 22.0 Å². The number of amides is 1. The van der Waals surface area contributed by atoms with Crippen LogP contribution >= 0.6 is 0 Å². The molecule has 0 unspecified atom stereocenters. The van der Waals surface area contributed by atoms with Crippen LogP contribution in [0.5, 0.6) is 0 Å². The van der Waals surface area contributed by atoms with E-state index in [4.69, 9.17) is 10.9 Å². The number of H-pyrrole nitrogens is 1. The topological polar surface area (TPSA) is 108 Å². The van der Waals surface area contributed by atoms with Gasteiger partial charge in [0.25, 0.3) is 5.91 Å². The second kappa shape index (κ2) is 7.44. The minimum absolute atomic E-state index is 0.189. The molecule has 2 rings (SSSR count). The van der Waals surface area contributed by atoms with Gasteiger partial charge < -0.3 is 15.9 Å². The summed E-state index contributed by atoms with van der Waals surface area (Å²) in [6.45, 7) is 2.54. The van der Waals surface area contributed by atoms with Gasteiger partial charge in [0.05, 0.1) is 17.4 Å². The van der Waals surface area contributed by atoms with Gasteiger partial charge in [-0.2, -0.15) is 0 Å². The second-order valence-corrected chi connectivity index (χ2v) is 5.11. The third kappa shape index (κ3) is 3.55. The van der Waals surface area contributed by atoms with E-state index < -0.39 is 0 Å². The van der Waals surface area contributed by atoms with Gasteiger partial charge in [-0.1, -0.05) is 31.3 Å². The summed E-state index contributed by atoms with van der Waals surface area (Å²) >= 11 is 0. The molecule has 0 aliphatic carbocycles. The number of carbonyl (C=O) groups is 1. The first-order valence-corrected chi connectivity index (χ1v) is 7.40. The molecule has 1 heterocycles. The number of nitrogens with one attached hydrogen (secondary N) is 1. The number of carbonyl (C=O) groups excluding carboxylic acids is 1. The molecule has 0 radical (unpaired) electrons. The zero-order valence-electron chi connectivity index (χ0n) is 12.6. The van der Waals surface area contributed by atoms with Crippen molar-refractivity contribution < 1.29 is 10.0 Å². The van der Waals surface area contributed by atoms with E-state index in [1.54, 1.807) is 24.5 Å². The van der Waals surface area contributed by atoms with Gasteiger partial charge in [0, 0.05) is 12.1 Å². The Balaban J connectivity index is 2.16. The fraction of sp³-hybridized carbons (Fsp3) is 0.400. The summed E-state index contributed by atoms with van der Waals surface area (Å²) in [6, 6.07) is 5.17. The van der Waals surface area contributed by atoms with Gasteiger partial charge in [0.2, 0.25) is 5.96 Å². The minimum Gasteiger partial charge on any atom is -0.408 e. The van der Waals surface area contributed by atoms with Crippen LogP contribution < -0.4 is 5.73 Å². The monoisotopic (exact) mass is 303 g/mol. The van der Waals surface area contributed by atoms with Crippen LogP contribution in [-0.2, 0) is 0 Å². The summed E-state index contributed by atoms with van der Waals surface area (Å²) in [4.78, 5) is 21.0. The number of hydrogen-bond acceptors (Lipinski definition) is 4. The number of rotatable bonds is 6. The Bertz CT molecular complexity index is 665. The third-order valence-electron chi connectivity index (χ3n) is 3.53. The van der Waals surface area contributed by atoms with Gasteiger partial charge in [0.15, 0.2) is 0 Å². The highest BCUT2D eigenvalue weighted by atomic mass is 16.4. The van der Waals surface area contributed by atoms with Gasteiger partial charge in [-0.15, -0.1) is 0 Å². The first-order chi connectivity index (χ1) is 10.7. The van der Waals surface area contributed by atoms with E-state index in [1.165, 1.54) is 4.90 Å². The van der Waals surface area contributed by atoms with Gasteiger partial charge >= 0.3 is 0 Å². The summed E-state index contributed by atoms with van der Waals surface area (Å²) in [5, 5.41) is 11.9. The molecule has 0 spiro atoms. The van der Waals surface area contributed by atoms with E-state index in [-0.39, 0.29) is 11.9 Å². The average molecular weight is 303 g/mol. The Morgan fingerprint density at radius 1 is 1.41 bits per heavy atom. The summed E-state index contributed by atoms with van der Waals surface area (Å²) in [6.07, 6.45) is 5.58. The van der Waals surface area contributed by atoms with Gasteiger partial charge in [-0.05, 0) is 24.6 Å². The minimum atomic E-state index is -0.289. The molecule has 1 aromatic carbocycles. The number of unbranched alkanes of at least 4 members (excludes halogenated alkanes) is 3. The highest BCUT2D eigenvalue weighted by molar-refractivity contribution is 6.06. The molecule has 7 heteroatoms. The number of guanidine groups is 1. The number of benzene rings is 1. The van der Waals surface area contributed by atoms with Gasteiger partial charge in [-0.3, -0.25) is 9.69 Å². The van der Waals surface area contributed by atoms with Crippen molar-refractivity contribution in [3.8, 4) is 0 Å². The highest BCUT2D eigenvalue weighted by Gasteiger charge is 2.19. The largest absolute Gasteiger partial charge is 0.408 e. The summed E-state index contributed by atoms with van der Waals surface area (Å²) in [5.41, 5.74) is 7.68. The number of imidazole rings is 1. The van der Waals surface area contributed by atoms with Crippen molar-refractivity contribution in [3.05, 3.63) is 30.1 Å². The Labute approximate surface area is 128 Å². The van der Waals surface area contributed by atoms with E-state index in [0.29, 0.717) is 12.1 Å².